The van der Waals surface area contributed by atoms with Crippen molar-refractivity contribution in [1.82, 2.24) is 9.88 Å². The monoisotopic (exact) mass is 412 g/mol. The van der Waals surface area contributed by atoms with Gasteiger partial charge in [0.05, 0.1) is 5.69 Å². The zero-order valence-electron chi connectivity index (χ0n) is 15.4. The van der Waals surface area contributed by atoms with Crippen molar-refractivity contribution in [2.75, 3.05) is 13.1 Å². The van der Waals surface area contributed by atoms with Gasteiger partial charge in [0.15, 0.2) is 0 Å². The molecule has 0 atom stereocenters. The van der Waals surface area contributed by atoms with Crippen LogP contribution in [0.2, 0.25) is 5.02 Å². The van der Waals surface area contributed by atoms with Crippen molar-refractivity contribution >= 4 is 41.0 Å². The van der Waals surface area contributed by atoms with Gasteiger partial charge in [-0.05, 0) is 47.9 Å². The molecule has 4 rings (SSSR count). The fourth-order valence-electron chi connectivity index (χ4n) is 3.30. The van der Waals surface area contributed by atoms with E-state index in [0.717, 1.165) is 42.2 Å². The fourth-order valence-corrected chi connectivity index (χ4v) is 3.43. The summed E-state index contributed by atoms with van der Waals surface area (Å²) >= 11 is 5.95. The van der Waals surface area contributed by atoms with Gasteiger partial charge < -0.3 is 5.11 Å². The molecule has 2 aromatic carbocycles. The highest BCUT2D eigenvalue weighted by atomic mass is 35.5. The van der Waals surface area contributed by atoms with E-state index in [0.29, 0.717) is 5.52 Å². The summed E-state index contributed by atoms with van der Waals surface area (Å²) in [6, 6.07) is 17.5. The largest absolute Gasteiger partial charge is 0.506 e. The van der Waals surface area contributed by atoms with E-state index in [1.54, 1.807) is 6.07 Å². The Balaban J connectivity index is 0.00000225. The molecule has 1 aliphatic rings. The number of aromatic hydroxyl groups is 1. The van der Waals surface area contributed by atoms with E-state index in [9.17, 15) is 5.11 Å². The van der Waals surface area contributed by atoms with Crippen molar-refractivity contribution in [3.63, 3.8) is 0 Å². The zero-order chi connectivity index (χ0) is 18.6. The summed E-state index contributed by atoms with van der Waals surface area (Å²) < 4.78 is 0. The maximum atomic E-state index is 9.97. The summed E-state index contributed by atoms with van der Waals surface area (Å²) in [5, 5.41) is 11.7. The van der Waals surface area contributed by atoms with Crippen molar-refractivity contribution in [3.05, 3.63) is 88.6 Å². The van der Waals surface area contributed by atoms with E-state index in [4.69, 9.17) is 11.6 Å². The molecule has 0 amide bonds. The molecule has 0 unspecified atom stereocenters. The number of hydrogen-bond donors (Lipinski definition) is 1. The van der Waals surface area contributed by atoms with Crippen LogP contribution in [0.25, 0.3) is 17.0 Å². The molecule has 28 heavy (non-hydrogen) atoms. The number of benzene rings is 2. The SMILES string of the molecule is Cl.Oc1cccc2ccc(/C=C/C3=CCN(Cc4ccc(Cl)cc4)CC3)nc12. The van der Waals surface area contributed by atoms with Gasteiger partial charge >= 0.3 is 0 Å². The van der Waals surface area contributed by atoms with E-state index in [2.05, 4.69) is 34.2 Å². The second-order valence-electron chi connectivity index (χ2n) is 6.81. The molecule has 0 radical (unpaired) electrons. The van der Waals surface area contributed by atoms with Crippen LogP contribution in [0.3, 0.4) is 0 Å². The predicted octanol–water partition coefficient (Wildman–Crippen LogP) is 5.86. The van der Waals surface area contributed by atoms with Crippen LogP contribution in [0, 0.1) is 0 Å². The van der Waals surface area contributed by atoms with Crippen molar-refractivity contribution in [1.29, 1.82) is 0 Å². The van der Waals surface area contributed by atoms with Gasteiger partial charge in [-0.15, -0.1) is 12.4 Å². The average Bonchev–Trinajstić information content (AvgIpc) is 2.70. The van der Waals surface area contributed by atoms with E-state index in [-0.39, 0.29) is 18.2 Å². The number of phenols is 1. The van der Waals surface area contributed by atoms with Crippen molar-refractivity contribution in [2.24, 2.45) is 0 Å². The minimum Gasteiger partial charge on any atom is -0.506 e. The second-order valence-corrected chi connectivity index (χ2v) is 7.25. The minimum atomic E-state index is 0. The molecule has 3 aromatic rings. The molecule has 0 fully saturated rings. The molecule has 0 aliphatic carbocycles. The van der Waals surface area contributed by atoms with Gasteiger partial charge in [-0.2, -0.15) is 0 Å². The highest BCUT2D eigenvalue weighted by molar-refractivity contribution is 6.30. The van der Waals surface area contributed by atoms with Crippen molar-refractivity contribution < 1.29 is 5.11 Å². The van der Waals surface area contributed by atoms with Crippen LogP contribution in [0.1, 0.15) is 17.7 Å². The number of aromatic nitrogens is 1. The molecule has 1 N–H and O–H groups in total. The lowest BCUT2D eigenvalue weighted by Crippen LogP contribution is -2.27. The van der Waals surface area contributed by atoms with Crippen LogP contribution in [-0.2, 0) is 6.54 Å². The Morgan fingerprint density at radius 2 is 1.86 bits per heavy atom. The number of rotatable bonds is 4. The van der Waals surface area contributed by atoms with Crippen molar-refractivity contribution in [2.45, 2.75) is 13.0 Å². The zero-order valence-corrected chi connectivity index (χ0v) is 17.0. The summed E-state index contributed by atoms with van der Waals surface area (Å²) in [7, 11) is 0. The van der Waals surface area contributed by atoms with Gasteiger partial charge in [-0.25, -0.2) is 4.98 Å². The highest BCUT2D eigenvalue weighted by Gasteiger charge is 2.10. The first-order chi connectivity index (χ1) is 13.2. The fraction of sp³-hybridized carbons (Fsp3) is 0.174. The van der Waals surface area contributed by atoms with Gasteiger partial charge in [0.1, 0.15) is 11.3 Å². The molecule has 0 saturated heterocycles. The molecule has 5 heteroatoms. The molecule has 0 bridgehead atoms. The smallest absolute Gasteiger partial charge is 0.141 e. The molecule has 0 saturated carbocycles. The molecule has 144 valence electrons. The Bertz CT molecular complexity index is 1010. The molecule has 3 nitrogen and oxygen atoms in total. The quantitative estimate of drug-likeness (QED) is 0.582. The summed E-state index contributed by atoms with van der Waals surface area (Å²) in [6.07, 6.45) is 7.44. The van der Waals surface area contributed by atoms with Gasteiger partial charge in [0.2, 0.25) is 0 Å². The number of halogens is 2. The van der Waals surface area contributed by atoms with Crippen LogP contribution in [0.4, 0.5) is 0 Å². The average molecular weight is 413 g/mol. The first kappa shape index (κ1) is 20.4. The van der Waals surface area contributed by atoms with Gasteiger partial charge in [-0.1, -0.05) is 54.1 Å². The normalized spacial score (nSPS) is 14.8. The molecule has 2 heterocycles. The summed E-state index contributed by atoms with van der Waals surface area (Å²) in [4.78, 5) is 6.98. The number of hydrogen-bond acceptors (Lipinski definition) is 3. The number of fused-ring (bicyclic) bond motifs is 1. The number of para-hydroxylation sites is 1. The van der Waals surface area contributed by atoms with E-state index in [1.165, 1.54) is 11.1 Å². The van der Waals surface area contributed by atoms with E-state index < -0.39 is 0 Å². The number of allylic oxidation sites excluding steroid dienone is 1. The van der Waals surface area contributed by atoms with Gasteiger partial charge in [-0.3, -0.25) is 4.90 Å². The van der Waals surface area contributed by atoms with Crippen LogP contribution in [0.15, 0.2) is 72.3 Å². The lowest BCUT2D eigenvalue weighted by Gasteiger charge is -2.25. The number of phenolic OH excluding ortho intramolecular Hbond substituents is 1. The van der Waals surface area contributed by atoms with Crippen LogP contribution in [-0.4, -0.2) is 28.1 Å². The molecule has 1 aromatic heterocycles. The van der Waals surface area contributed by atoms with E-state index in [1.807, 2.05) is 42.5 Å². The van der Waals surface area contributed by atoms with E-state index >= 15 is 0 Å². The summed E-state index contributed by atoms with van der Waals surface area (Å²) in [5.41, 5.74) is 4.11. The van der Waals surface area contributed by atoms with Crippen LogP contribution >= 0.6 is 24.0 Å². The Kier molecular flexibility index (Phi) is 6.74. The summed E-state index contributed by atoms with van der Waals surface area (Å²) in [6.45, 7) is 2.91. The Hall–Kier alpha value is -2.33. The minimum absolute atomic E-state index is 0. The predicted molar refractivity (Wildman–Crippen MR) is 119 cm³/mol. The van der Waals surface area contributed by atoms with Gasteiger partial charge in [0.25, 0.3) is 0 Å². The third kappa shape index (κ3) is 4.93. The van der Waals surface area contributed by atoms with Gasteiger partial charge in [0, 0.05) is 30.0 Å². The topological polar surface area (TPSA) is 36.4 Å². The lowest BCUT2D eigenvalue weighted by atomic mass is 10.1. The maximum absolute atomic E-state index is 9.97. The Labute approximate surface area is 176 Å². The third-order valence-electron chi connectivity index (χ3n) is 4.84. The highest BCUT2D eigenvalue weighted by Crippen LogP contribution is 2.23. The Morgan fingerprint density at radius 1 is 1.04 bits per heavy atom. The number of pyridine rings is 1. The first-order valence-corrected chi connectivity index (χ1v) is 9.48. The number of nitrogens with zero attached hydrogens (tertiary/aromatic N) is 2. The summed E-state index contributed by atoms with van der Waals surface area (Å²) in [5.74, 6) is 0.220. The first-order valence-electron chi connectivity index (χ1n) is 9.10. The molecule has 0 spiro atoms. The third-order valence-corrected chi connectivity index (χ3v) is 5.09. The van der Waals surface area contributed by atoms with Crippen molar-refractivity contribution in [3.8, 4) is 5.75 Å². The standard InChI is InChI=1S/C23H21ClN2O.ClH/c24-20-8-4-18(5-9-20)16-26-14-12-17(13-15-26)6-10-21-11-7-19-2-1-3-22(27)23(19)25-21;/h1-12,27H,13-16H2;1H/b10-6+;. The van der Waals surface area contributed by atoms with Crippen LogP contribution in [0.5, 0.6) is 5.75 Å². The Morgan fingerprint density at radius 3 is 2.61 bits per heavy atom. The second kappa shape index (κ2) is 9.24. The molecular weight excluding hydrogens is 391 g/mol. The lowest BCUT2D eigenvalue weighted by molar-refractivity contribution is 0.287. The molecule has 1 aliphatic heterocycles. The maximum Gasteiger partial charge on any atom is 0.141 e. The van der Waals surface area contributed by atoms with Crippen LogP contribution < -0.4 is 0 Å². The molecular formula is C23H22Cl2N2O.